The zero-order chi connectivity index (χ0) is 13.9. The quantitative estimate of drug-likeness (QED) is 0.930. The van der Waals surface area contributed by atoms with Crippen molar-refractivity contribution in [2.75, 3.05) is 32.9 Å². The third kappa shape index (κ3) is 3.03. The molecule has 20 heavy (non-hydrogen) atoms. The van der Waals surface area contributed by atoms with E-state index in [0.717, 1.165) is 43.8 Å². The second kappa shape index (κ2) is 6.20. The Morgan fingerprint density at radius 1 is 1.30 bits per heavy atom. The molecule has 1 unspecified atom stereocenters. The molecule has 0 saturated carbocycles. The van der Waals surface area contributed by atoms with Crippen molar-refractivity contribution in [3.05, 3.63) is 22.7 Å². The summed E-state index contributed by atoms with van der Waals surface area (Å²) in [6.07, 6.45) is 2.26. The second-order valence-electron chi connectivity index (χ2n) is 5.53. The minimum atomic E-state index is 0.276. The number of halogens is 1. The number of benzene rings is 1. The monoisotopic (exact) mass is 297 g/mol. The first kappa shape index (κ1) is 14.0. The highest BCUT2D eigenvalue weighted by atomic mass is 35.5. The summed E-state index contributed by atoms with van der Waals surface area (Å²) in [7, 11) is 0. The van der Waals surface area contributed by atoms with E-state index in [4.69, 9.17) is 21.1 Å². The van der Waals surface area contributed by atoms with Crippen LogP contribution in [0.15, 0.2) is 12.1 Å². The molecule has 3 rings (SSSR count). The molecule has 2 heterocycles. The fraction of sp³-hybridized carbons (Fsp3) is 0.600. The Morgan fingerprint density at radius 2 is 2.15 bits per heavy atom. The molecule has 110 valence electrons. The molecule has 2 aliphatic rings. The van der Waals surface area contributed by atoms with Gasteiger partial charge in [0.1, 0.15) is 13.2 Å². The normalized spacial score (nSPS) is 22.8. The van der Waals surface area contributed by atoms with Gasteiger partial charge in [-0.25, -0.2) is 0 Å². The molecule has 2 aliphatic heterocycles. The zero-order valence-corrected chi connectivity index (χ0v) is 12.2. The largest absolute Gasteiger partial charge is 0.486 e. The van der Waals surface area contributed by atoms with Crippen LogP contribution in [-0.4, -0.2) is 42.9 Å². The third-order valence-corrected chi connectivity index (χ3v) is 4.20. The number of rotatable bonds is 3. The molecule has 1 atom stereocenters. The Balaban J connectivity index is 1.72. The summed E-state index contributed by atoms with van der Waals surface area (Å²) in [4.78, 5) is 2.37. The Kier molecular flexibility index (Phi) is 4.34. The molecule has 1 fully saturated rings. The third-order valence-electron chi connectivity index (χ3n) is 3.92. The van der Waals surface area contributed by atoms with Gasteiger partial charge in [-0.05, 0) is 43.0 Å². The van der Waals surface area contributed by atoms with Crippen LogP contribution in [-0.2, 0) is 6.54 Å². The number of piperidine rings is 1. The van der Waals surface area contributed by atoms with Gasteiger partial charge in [-0.1, -0.05) is 11.6 Å². The van der Waals surface area contributed by atoms with E-state index in [2.05, 4.69) is 4.90 Å². The van der Waals surface area contributed by atoms with Crippen LogP contribution in [0.3, 0.4) is 0 Å². The van der Waals surface area contributed by atoms with Crippen molar-refractivity contribution in [2.45, 2.75) is 19.4 Å². The lowest BCUT2D eigenvalue weighted by Crippen LogP contribution is -2.36. The number of aliphatic hydroxyl groups excluding tert-OH is 1. The highest BCUT2D eigenvalue weighted by molar-refractivity contribution is 6.32. The van der Waals surface area contributed by atoms with Crippen LogP contribution in [0.4, 0.5) is 0 Å². The SMILES string of the molecule is OCC1CCCN(Cc2cc(Cl)c3c(c2)OCCO3)C1. The maximum absolute atomic E-state index is 9.29. The molecule has 0 aliphatic carbocycles. The van der Waals surface area contributed by atoms with Crippen LogP contribution in [0.1, 0.15) is 18.4 Å². The molecule has 4 nitrogen and oxygen atoms in total. The summed E-state index contributed by atoms with van der Waals surface area (Å²) >= 11 is 6.26. The van der Waals surface area contributed by atoms with Gasteiger partial charge >= 0.3 is 0 Å². The van der Waals surface area contributed by atoms with Crippen LogP contribution in [0, 0.1) is 5.92 Å². The predicted molar refractivity (Wildman–Crippen MR) is 77.5 cm³/mol. The van der Waals surface area contributed by atoms with Crippen LogP contribution in [0.25, 0.3) is 0 Å². The van der Waals surface area contributed by atoms with Gasteiger partial charge in [0.15, 0.2) is 11.5 Å². The minimum absolute atomic E-state index is 0.276. The lowest BCUT2D eigenvalue weighted by Gasteiger charge is -2.32. The number of hydrogen-bond donors (Lipinski definition) is 1. The number of nitrogens with zero attached hydrogens (tertiary/aromatic N) is 1. The average molecular weight is 298 g/mol. The lowest BCUT2D eigenvalue weighted by atomic mass is 9.98. The van der Waals surface area contributed by atoms with E-state index in [1.165, 1.54) is 0 Å². The molecule has 1 aromatic carbocycles. The van der Waals surface area contributed by atoms with Gasteiger partial charge < -0.3 is 14.6 Å². The molecular formula is C15H20ClNO3. The first-order chi connectivity index (χ1) is 9.76. The molecule has 1 N–H and O–H groups in total. The van der Waals surface area contributed by atoms with E-state index in [9.17, 15) is 5.11 Å². The number of fused-ring (bicyclic) bond motifs is 1. The van der Waals surface area contributed by atoms with Crippen LogP contribution >= 0.6 is 11.6 Å². The molecule has 5 heteroatoms. The summed E-state index contributed by atoms with van der Waals surface area (Å²) in [5, 5.41) is 9.91. The number of likely N-dealkylation sites (tertiary alicyclic amines) is 1. The molecule has 0 bridgehead atoms. The summed E-state index contributed by atoms with van der Waals surface area (Å²) < 4.78 is 11.1. The lowest BCUT2D eigenvalue weighted by molar-refractivity contribution is 0.115. The van der Waals surface area contributed by atoms with E-state index in [0.29, 0.717) is 29.9 Å². The van der Waals surface area contributed by atoms with E-state index < -0.39 is 0 Å². The van der Waals surface area contributed by atoms with Crippen molar-refractivity contribution in [3.63, 3.8) is 0 Å². The Bertz CT molecular complexity index is 480. The smallest absolute Gasteiger partial charge is 0.179 e. The maximum Gasteiger partial charge on any atom is 0.179 e. The summed E-state index contributed by atoms with van der Waals surface area (Å²) in [5.74, 6) is 1.81. The summed E-state index contributed by atoms with van der Waals surface area (Å²) in [6, 6.07) is 3.97. The van der Waals surface area contributed by atoms with Crippen molar-refractivity contribution in [1.29, 1.82) is 0 Å². The highest BCUT2D eigenvalue weighted by Crippen LogP contribution is 2.38. The van der Waals surface area contributed by atoms with Gasteiger partial charge in [-0.15, -0.1) is 0 Å². The molecule has 0 spiro atoms. The number of ether oxygens (including phenoxy) is 2. The molecule has 1 aromatic rings. The Labute approximate surface area is 124 Å². The average Bonchev–Trinajstić information content (AvgIpc) is 2.47. The van der Waals surface area contributed by atoms with Gasteiger partial charge in [0.05, 0.1) is 5.02 Å². The summed E-state index contributed by atoms with van der Waals surface area (Å²) in [5.41, 5.74) is 1.14. The van der Waals surface area contributed by atoms with E-state index >= 15 is 0 Å². The standard InChI is InChI=1S/C15H20ClNO3/c16-13-6-12(7-14-15(13)20-5-4-19-14)9-17-3-1-2-11(8-17)10-18/h6-7,11,18H,1-5,8-10H2. The van der Waals surface area contributed by atoms with Crippen LogP contribution in [0.5, 0.6) is 11.5 Å². The Hall–Kier alpha value is -0.970. The van der Waals surface area contributed by atoms with Crippen molar-refractivity contribution in [1.82, 2.24) is 4.90 Å². The first-order valence-electron chi connectivity index (χ1n) is 7.17. The van der Waals surface area contributed by atoms with Gasteiger partial charge in [0, 0.05) is 19.7 Å². The molecule has 0 radical (unpaired) electrons. The maximum atomic E-state index is 9.29. The highest BCUT2D eigenvalue weighted by Gasteiger charge is 2.21. The van der Waals surface area contributed by atoms with E-state index in [1.54, 1.807) is 0 Å². The van der Waals surface area contributed by atoms with Gasteiger partial charge in [0.2, 0.25) is 0 Å². The number of hydrogen-bond acceptors (Lipinski definition) is 4. The minimum Gasteiger partial charge on any atom is -0.486 e. The predicted octanol–water partition coefficient (Wildman–Crippen LogP) is 2.32. The van der Waals surface area contributed by atoms with Crippen LogP contribution in [0.2, 0.25) is 5.02 Å². The Morgan fingerprint density at radius 3 is 3.00 bits per heavy atom. The van der Waals surface area contributed by atoms with Crippen molar-refractivity contribution >= 4 is 11.6 Å². The van der Waals surface area contributed by atoms with Gasteiger partial charge in [-0.3, -0.25) is 4.90 Å². The first-order valence-corrected chi connectivity index (χ1v) is 7.55. The molecule has 0 aromatic heterocycles. The molecular weight excluding hydrogens is 278 g/mol. The fourth-order valence-electron chi connectivity index (χ4n) is 2.96. The summed E-state index contributed by atoms with van der Waals surface area (Å²) in [6.45, 7) is 4.26. The van der Waals surface area contributed by atoms with Crippen molar-refractivity contribution < 1.29 is 14.6 Å². The fourth-order valence-corrected chi connectivity index (χ4v) is 3.25. The topological polar surface area (TPSA) is 41.9 Å². The molecule has 1 saturated heterocycles. The van der Waals surface area contributed by atoms with Crippen LogP contribution < -0.4 is 9.47 Å². The molecule has 0 amide bonds. The number of aliphatic hydroxyl groups is 1. The van der Waals surface area contributed by atoms with E-state index in [-0.39, 0.29) is 6.61 Å². The van der Waals surface area contributed by atoms with Crippen molar-refractivity contribution in [3.8, 4) is 11.5 Å². The second-order valence-corrected chi connectivity index (χ2v) is 5.93. The zero-order valence-electron chi connectivity index (χ0n) is 11.5. The van der Waals surface area contributed by atoms with E-state index in [1.807, 2.05) is 12.1 Å². The van der Waals surface area contributed by atoms with Gasteiger partial charge in [0.25, 0.3) is 0 Å². The van der Waals surface area contributed by atoms with Gasteiger partial charge in [-0.2, -0.15) is 0 Å². The van der Waals surface area contributed by atoms with Crippen molar-refractivity contribution in [2.24, 2.45) is 5.92 Å².